The van der Waals surface area contributed by atoms with Gasteiger partial charge in [0, 0.05) is 0 Å². The lowest BCUT2D eigenvalue weighted by Gasteiger charge is -1.65. The van der Waals surface area contributed by atoms with Crippen molar-refractivity contribution in [3.8, 4) is 0 Å². The lowest BCUT2D eigenvalue weighted by molar-refractivity contribution is 0.473. The Labute approximate surface area is 33.9 Å². The van der Waals surface area contributed by atoms with Gasteiger partial charge in [-0.15, -0.1) is 9.24 Å². The van der Waals surface area contributed by atoms with Crippen molar-refractivity contribution in [1.29, 1.82) is 0 Å². The van der Waals surface area contributed by atoms with Gasteiger partial charge >= 0.3 is 0 Å². The molecule has 0 heterocycles. The van der Waals surface area contributed by atoms with Gasteiger partial charge in [0.05, 0.1) is 6.26 Å². The molecule has 0 spiro atoms. The quantitative estimate of drug-likeness (QED) is 0.375. The van der Waals surface area contributed by atoms with E-state index in [1.54, 1.807) is 6.08 Å². The third-order valence-corrected chi connectivity index (χ3v) is 0.514. The summed E-state index contributed by atoms with van der Waals surface area (Å²) >= 11 is 0. The highest BCUT2D eigenvalue weighted by Crippen LogP contribution is 1.77. The summed E-state index contributed by atoms with van der Waals surface area (Å²) in [5.74, 6) is 0. The number of allylic oxidation sites excluding steroid dienone is 1. The molecule has 0 radical (unpaired) electrons. The molecule has 0 aromatic rings. The van der Waals surface area contributed by atoms with Crippen LogP contribution in [0.4, 0.5) is 0 Å². The van der Waals surface area contributed by atoms with Crippen LogP contribution in [0, 0.1) is 0 Å². The summed E-state index contributed by atoms with van der Waals surface area (Å²) < 4.78 is 0. The second-order valence-electron chi connectivity index (χ2n) is 0.620. The topological polar surface area (TPSA) is 20.2 Å². The van der Waals surface area contributed by atoms with Gasteiger partial charge in [0.25, 0.3) is 0 Å². The molecule has 0 aromatic carbocycles. The van der Waals surface area contributed by atoms with Crippen molar-refractivity contribution < 1.29 is 5.11 Å². The van der Waals surface area contributed by atoms with Crippen LogP contribution in [0.5, 0.6) is 0 Å². The van der Waals surface area contributed by atoms with Crippen molar-refractivity contribution in [2.75, 3.05) is 6.16 Å². The molecule has 1 N–H and O–H groups in total. The van der Waals surface area contributed by atoms with Crippen LogP contribution in [0.15, 0.2) is 12.3 Å². The number of hydrogen-bond donors (Lipinski definition) is 1. The normalized spacial score (nSPS) is 9.80. The molecule has 1 nitrogen and oxygen atoms in total. The molecule has 0 aliphatic rings. The maximum atomic E-state index is 7.87. The maximum absolute atomic E-state index is 7.87. The second-order valence-corrected chi connectivity index (χ2v) is 1.09. The van der Waals surface area contributed by atoms with Crippen LogP contribution in [0.1, 0.15) is 0 Å². The third kappa shape index (κ3) is 3.97. The number of aliphatic hydroxyl groups excluding tert-OH is 1. The van der Waals surface area contributed by atoms with E-state index in [1.165, 1.54) is 0 Å². The summed E-state index contributed by atoms with van der Waals surface area (Å²) in [6.45, 7) is 0. The van der Waals surface area contributed by atoms with Crippen LogP contribution in [-0.4, -0.2) is 11.3 Å². The largest absolute Gasteiger partial charge is 0.516 e. The highest BCUT2D eigenvalue weighted by molar-refractivity contribution is 7.16. The molecular weight excluding hydrogens is 83.0 g/mol. The van der Waals surface area contributed by atoms with E-state index >= 15 is 0 Å². The molecule has 5 heavy (non-hydrogen) atoms. The lowest BCUT2D eigenvalue weighted by Crippen LogP contribution is -1.52. The Morgan fingerprint density at radius 1 is 1.80 bits per heavy atom. The van der Waals surface area contributed by atoms with E-state index in [2.05, 4.69) is 9.24 Å². The fraction of sp³-hybridized carbons (Fsp3) is 0.333. The zero-order chi connectivity index (χ0) is 4.12. The molecule has 0 rings (SSSR count). The van der Waals surface area contributed by atoms with Gasteiger partial charge in [-0.05, 0) is 12.2 Å². The number of hydrogen-bond acceptors (Lipinski definition) is 1. The van der Waals surface area contributed by atoms with Gasteiger partial charge in [0.1, 0.15) is 0 Å². The maximum Gasteiger partial charge on any atom is 0.0755 e. The third-order valence-electron chi connectivity index (χ3n) is 0.241. The summed E-state index contributed by atoms with van der Waals surface area (Å²) in [6.07, 6.45) is 3.51. The molecule has 0 fully saturated rings. The Balaban J connectivity index is 2.62. The molecule has 30 valence electrons. The van der Waals surface area contributed by atoms with Crippen molar-refractivity contribution in [3.63, 3.8) is 0 Å². The first kappa shape index (κ1) is 4.97. The first-order valence-electron chi connectivity index (χ1n) is 1.41. The molecule has 2 heteroatoms. The van der Waals surface area contributed by atoms with Gasteiger partial charge in [-0.1, -0.05) is 0 Å². The van der Waals surface area contributed by atoms with Gasteiger partial charge in [-0.3, -0.25) is 0 Å². The van der Waals surface area contributed by atoms with Crippen LogP contribution in [0.3, 0.4) is 0 Å². The standard InChI is InChI=1S/C3H7OP/c4-2-1-3-5/h1-2,4H,3,5H2. The van der Waals surface area contributed by atoms with Gasteiger partial charge in [-0.25, -0.2) is 0 Å². The van der Waals surface area contributed by atoms with Gasteiger partial charge < -0.3 is 5.11 Å². The Kier molecular flexibility index (Phi) is 3.95. The minimum atomic E-state index is 0.830. The summed E-state index contributed by atoms with van der Waals surface area (Å²) in [5.41, 5.74) is 0. The van der Waals surface area contributed by atoms with Gasteiger partial charge in [0.15, 0.2) is 0 Å². The summed E-state index contributed by atoms with van der Waals surface area (Å²) in [6, 6.07) is 0. The Morgan fingerprint density at radius 2 is 2.40 bits per heavy atom. The van der Waals surface area contributed by atoms with E-state index in [4.69, 9.17) is 5.11 Å². The van der Waals surface area contributed by atoms with E-state index in [9.17, 15) is 0 Å². The molecule has 1 atom stereocenters. The minimum absolute atomic E-state index is 0.830. The van der Waals surface area contributed by atoms with Crippen LogP contribution < -0.4 is 0 Å². The summed E-state index contributed by atoms with van der Waals surface area (Å²) in [4.78, 5) is 0. The Hall–Kier alpha value is -0.0300. The molecule has 0 amide bonds. The smallest absolute Gasteiger partial charge is 0.0755 e. The predicted octanol–water partition coefficient (Wildman–Crippen LogP) is 0.933. The molecule has 0 aliphatic heterocycles. The predicted molar refractivity (Wildman–Crippen MR) is 26.3 cm³/mol. The van der Waals surface area contributed by atoms with E-state index in [1.807, 2.05) is 0 Å². The average Bonchev–Trinajstić information content (AvgIpc) is 1.41. The molecule has 1 unspecified atom stereocenters. The van der Waals surface area contributed by atoms with Crippen molar-refractivity contribution >= 4 is 9.24 Å². The van der Waals surface area contributed by atoms with E-state index in [0.29, 0.717) is 0 Å². The van der Waals surface area contributed by atoms with Gasteiger partial charge in [-0.2, -0.15) is 0 Å². The van der Waals surface area contributed by atoms with Gasteiger partial charge in [0.2, 0.25) is 0 Å². The fourth-order valence-electron chi connectivity index (χ4n) is 0.0609. The zero-order valence-corrected chi connectivity index (χ0v) is 4.04. The SMILES string of the molecule is OC=CCP. The van der Waals surface area contributed by atoms with E-state index in [0.717, 1.165) is 12.4 Å². The minimum Gasteiger partial charge on any atom is -0.516 e. The average molecular weight is 90.1 g/mol. The molecule has 0 saturated carbocycles. The van der Waals surface area contributed by atoms with Crippen molar-refractivity contribution in [2.24, 2.45) is 0 Å². The fourth-order valence-corrected chi connectivity index (χ4v) is 0.183. The summed E-state index contributed by atoms with van der Waals surface area (Å²) in [7, 11) is 2.45. The van der Waals surface area contributed by atoms with E-state index < -0.39 is 0 Å². The highest BCUT2D eigenvalue weighted by Gasteiger charge is 1.53. The van der Waals surface area contributed by atoms with Crippen molar-refractivity contribution in [1.82, 2.24) is 0 Å². The molecule has 0 bridgehead atoms. The van der Waals surface area contributed by atoms with Crippen LogP contribution in [0.2, 0.25) is 0 Å². The molecule has 0 saturated heterocycles. The second kappa shape index (κ2) is 3.97. The first-order chi connectivity index (χ1) is 2.41. The van der Waals surface area contributed by atoms with Crippen LogP contribution in [0.25, 0.3) is 0 Å². The van der Waals surface area contributed by atoms with Crippen molar-refractivity contribution in [2.45, 2.75) is 0 Å². The van der Waals surface area contributed by atoms with Crippen molar-refractivity contribution in [3.05, 3.63) is 12.3 Å². The lowest BCUT2D eigenvalue weighted by atomic mass is 10.7. The Bertz CT molecular complexity index is 33.9. The number of aliphatic hydroxyl groups is 1. The van der Waals surface area contributed by atoms with Crippen LogP contribution in [-0.2, 0) is 0 Å². The summed E-state index contributed by atoms with van der Waals surface area (Å²) in [5, 5.41) is 7.87. The zero-order valence-electron chi connectivity index (χ0n) is 2.89. The van der Waals surface area contributed by atoms with E-state index in [-0.39, 0.29) is 0 Å². The Morgan fingerprint density at radius 3 is 2.40 bits per heavy atom. The number of rotatable bonds is 1. The molecule has 0 aromatic heterocycles. The highest BCUT2D eigenvalue weighted by atomic mass is 31.0. The molecule has 0 aliphatic carbocycles. The monoisotopic (exact) mass is 90.0 g/mol. The first-order valence-corrected chi connectivity index (χ1v) is 2.22. The van der Waals surface area contributed by atoms with Crippen LogP contribution >= 0.6 is 9.24 Å². The molecular formula is C3H7OP.